The number of rotatable bonds is 7. The lowest BCUT2D eigenvalue weighted by atomic mass is 10.2. The van der Waals surface area contributed by atoms with Crippen LogP contribution in [0.1, 0.15) is 12.8 Å². The Morgan fingerprint density at radius 1 is 1.38 bits per heavy atom. The Bertz CT molecular complexity index is 723. The highest BCUT2D eigenvalue weighted by Crippen LogP contribution is 2.28. The number of nitrogens with zero attached hydrogens (tertiary/aromatic N) is 1. The maximum atomic E-state index is 14.4. The molecule has 0 bridgehead atoms. The molecule has 1 atom stereocenters. The first-order valence-electron chi connectivity index (χ1n) is 8.47. The average Bonchev–Trinajstić information content (AvgIpc) is 3.41. The van der Waals surface area contributed by atoms with Gasteiger partial charge in [-0.15, -0.1) is 0 Å². The molecule has 9 heteroatoms. The molecule has 1 heterocycles. The van der Waals surface area contributed by atoms with Crippen molar-refractivity contribution in [3.05, 3.63) is 24.0 Å². The third-order valence-electron chi connectivity index (χ3n) is 4.36. The number of ether oxygens (including phenoxy) is 1. The van der Waals surface area contributed by atoms with Crippen molar-refractivity contribution in [2.45, 2.75) is 18.9 Å². The number of nitrogens with two attached hydrogens (primary N) is 1. The molecule has 1 aliphatic heterocycles. The van der Waals surface area contributed by atoms with Crippen LogP contribution in [-0.4, -0.2) is 50.1 Å². The molecule has 3 rings (SSSR count). The van der Waals surface area contributed by atoms with E-state index in [9.17, 15) is 18.8 Å². The number of hydrogen-bond donors (Lipinski definition) is 3. The van der Waals surface area contributed by atoms with Crippen molar-refractivity contribution in [1.29, 1.82) is 0 Å². The van der Waals surface area contributed by atoms with Gasteiger partial charge in [0.15, 0.2) is 6.04 Å². The van der Waals surface area contributed by atoms with Crippen molar-refractivity contribution < 1.29 is 23.5 Å². The van der Waals surface area contributed by atoms with Gasteiger partial charge in [0, 0.05) is 12.2 Å². The Labute approximate surface area is 149 Å². The molecule has 1 saturated carbocycles. The summed E-state index contributed by atoms with van der Waals surface area (Å²) in [6.45, 7) is 1.17. The largest absolute Gasteiger partial charge is 0.370 e. The summed E-state index contributed by atoms with van der Waals surface area (Å²) < 4.78 is 19.4. The minimum Gasteiger partial charge on any atom is -0.370 e. The van der Waals surface area contributed by atoms with Gasteiger partial charge in [0.05, 0.1) is 12.3 Å². The molecular formula is C17H21FN4O4. The SMILES string of the molecule is NC(=O)[C@H](NCC1CC1)C(=O)Nc1ccc(N2CCOCC2=O)cc1F. The second-order valence-electron chi connectivity index (χ2n) is 6.44. The van der Waals surface area contributed by atoms with Crippen molar-refractivity contribution in [3.63, 3.8) is 0 Å². The molecule has 0 spiro atoms. The van der Waals surface area contributed by atoms with E-state index in [0.29, 0.717) is 31.3 Å². The predicted molar refractivity (Wildman–Crippen MR) is 91.9 cm³/mol. The Hall–Kier alpha value is -2.52. The Morgan fingerprint density at radius 2 is 2.15 bits per heavy atom. The molecule has 1 aliphatic carbocycles. The van der Waals surface area contributed by atoms with Gasteiger partial charge in [0.1, 0.15) is 12.4 Å². The van der Waals surface area contributed by atoms with Crippen LogP contribution in [0.5, 0.6) is 0 Å². The molecule has 1 aromatic rings. The molecule has 8 nitrogen and oxygen atoms in total. The number of morpholine rings is 1. The monoisotopic (exact) mass is 364 g/mol. The number of primary amides is 1. The first-order chi connectivity index (χ1) is 12.5. The molecule has 0 aromatic heterocycles. The van der Waals surface area contributed by atoms with Gasteiger partial charge in [-0.05, 0) is 43.5 Å². The zero-order valence-corrected chi connectivity index (χ0v) is 14.2. The lowest BCUT2D eigenvalue weighted by Gasteiger charge is -2.27. The van der Waals surface area contributed by atoms with Crippen LogP contribution in [0.15, 0.2) is 18.2 Å². The molecular weight excluding hydrogens is 343 g/mol. The van der Waals surface area contributed by atoms with E-state index in [2.05, 4.69) is 10.6 Å². The Kier molecular flexibility index (Phi) is 5.48. The maximum Gasteiger partial charge on any atom is 0.253 e. The summed E-state index contributed by atoms with van der Waals surface area (Å²) in [5.41, 5.74) is 5.56. The summed E-state index contributed by atoms with van der Waals surface area (Å²) in [6.07, 6.45) is 2.10. The summed E-state index contributed by atoms with van der Waals surface area (Å²) in [4.78, 5) is 37.0. The van der Waals surface area contributed by atoms with Crippen molar-refractivity contribution in [2.24, 2.45) is 11.7 Å². The van der Waals surface area contributed by atoms with Crippen LogP contribution in [0, 0.1) is 11.7 Å². The topological polar surface area (TPSA) is 114 Å². The number of anilines is 2. The molecule has 3 amide bonds. The third-order valence-corrected chi connectivity index (χ3v) is 4.36. The maximum absolute atomic E-state index is 14.4. The molecule has 140 valence electrons. The van der Waals surface area contributed by atoms with Crippen LogP contribution in [0.25, 0.3) is 0 Å². The second kappa shape index (κ2) is 7.79. The van der Waals surface area contributed by atoms with E-state index in [4.69, 9.17) is 10.5 Å². The summed E-state index contributed by atoms with van der Waals surface area (Å²) in [6, 6.07) is 2.81. The third kappa shape index (κ3) is 4.36. The molecule has 2 aliphatic rings. The van der Waals surface area contributed by atoms with Crippen LogP contribution in [0.2, 0.25) is 0 Å². The summed E-state index contributed by atoms with van der Waals surface area (Å²) >= 11 is 0. The fourth-order valence-corrected chi connectivity index (χ4v) is 2.70. The minimum absolute atomic E-state index is 0.0486. The first-order valence-corrected chi connectivity index (χ1v) is 8.47. The van der Waals surface area contributed by atoms with Gasteiger partial charge in [0.2, 0.25) is 5.91 Å². The van der Waals surface area contributed by atoms with Gasteiger partial charge >= 0.3 is 0 Å². The molecule has 0 unspecified atom stereocenters. The fourth-order valence-electron chi connectivity index (χ4n) is 2.70. The normalized spacial score (nSPS) is 18.5. The quantitative estimate of drug-likeness (QED) is 0.589. The zero-order valence-electron chi connectivity index (χ0n) is 14.2. The average molecular weight is 364 g/mol. The van der Waals surface area contributed by atoms with Crippen molar-refractivity contribution >= 4 is 29.1 Å². The summed E-state index contributed by atoms with van der Waals surface area (Å²) in [5.74, 6) is -2.05. The molecule has 1 saturated heterocycles. The van der Waals surface area contributed by atoms with Gasteiger partial charge in [-0.1, -0.05) is 0 Å². The van der Waals surface area contributed by atoms with Crippen LogP contribution < -0.4 is 21.3 Å². The zero-order chi connectivity index (χ0) is 18.7. The number of carbonyl (C=O) groups excluding carboxylic acids is 3. The summed E-state index contributed by atoms with van der Waals surface area (Å²) in [7, 11) is 0. The van der Waals surface area contributed by atoms with E-state index < -0.39 is 23.7 Å². The van der Waals surface area contributed by atoms with E-state index in [1.165, 1.54) is 17.0 Å². The highest BCUT2D eigenvalue weighted by atomic mass is 19.1. The fraction of sp³-hybridized carbons (Fsp3) is 0.471. The smallest absolute Gasteiger partial charge is 0.253 e. The van der Waals surface area contributed by atoms with E-state index in [1.807, 2.05) is 0 Å². The Morgan fingerprint density at radius 3 is 2.77 bits per heavy atom. The standard InChI is InChI=1S/C17H21FN4O4/c18-12-7-11(22-5-6-26-9-14(22)23)3-4-13(12)21-17(25)15(16(19)24)20-8-10-1-2-10/h3-4,7,10,15,20H,1-2,5-6,8-9H2,(H2,19,24)(H,21,25)/t15-/m0/s1. The van der Waals surface area contributed by atoms with E-state index >= 15 is 0 Å². The van der Waals surface area contributed by atoms with Crippen LogP contribution in [-0.2, 0) is 19.1 Å². The van der Waals surface area contributed by atoms with E-state index in [-0.39, 0.29) is 18.2 Å². The van der Waals surface area contributed by atoms with E-state index in [1.54, 1.807) is 0 Å². The van der Waals surface area contributed by atoms with Crippen molar-refractivity contribution in [2.75, 3.05) is 36.5 Å². The van der Waals surface area contributed by atoms with Crippen molar-refractivity contribution in [1.82, 2.24) is 5.32 Å². The van der Waals surface area contributed by atoms with Crippen LogP contribution in [0.4, 0.5) is 15.8 Å². The van der Waals surface area contributed by atoms with Crippen LogP contribution >= 0.6 is 0 Å². The minimum atomic E-state index is -1.23. The number of halogens is 1. The molecule has 4 N–H and O–H groups in total. The lowest BCUT2D eigenvalue weighted by Crippen LogP contribution is -2.50. The summed E-state index contributed by atoms with van der Waals surface area (Å²) in [5, 5.41) is 5.19. The number of carbonyl (C=O) groups is 3. The number of amides is 3. The predicted octanol–water partition coefficient (Wildman–Crippen LogP) is -0.0191. The Balaban J connectivity index is 1.67. The molecule has 2 fully saturated rings. The van der Waals surface area contributed by atoms with Crippen molar-refractivity contribution in [3.8, 4) is 0 Å². The number of benzene rings is 1. The molecule has 1 aromatic carbocycles. The second-order valence-corrected chi connectivity index (χ2v) is 6.44. The molecule has 26 heavy (non-hydrogen) atoms. The van der Waals surface area contributed by atoms with Gasteiger partial charge in [-0.2, -0.15) is 0 Å². The highest BCUT2D eigenvalue weighted by molar-refractivity contribution is 6.09. The highest BCUT2D eigenvalue weighted by Gasteiger charge is 2.29. The number of hydrogen-bond acceptors (Lipinski definition) is 5. The van der Waals surface area contributed by atoms with E-state index in [0.717, 1.165) is 18.9 Å². The van der Waals surface area contributed by atoms with Gasteiger partial charge in [-0.3, -0.25) is 19.7 Å². The molecule has 0 radical (unpaired) electrons. The van der Waals surface area contributed by atoms with Gasteiger partial charge in [0.25, 0.3) is 11.8 Å². The van der Waals surface area contributed by atoms with Gasteiger partial charge < -0.3 is 20.7 Å². The first kappa shape index (κ1) is 18.3. The van der Waals surface area contributed by atoms with Crippen LogP contribution in [0.3, 0.4) is 0 Å². The van der Waals surface area contributed by atoms with Gasteiger partial charge in [-0.25, -0.2) is 4.39 Å². The number of nitrogens with one attached hydrogen (secondary N) is 2. The lowest BCUT2D eigenvalue weighted by molar-refractivity contribution is -0.128.